The number of rotatable bonds is 5. The molecule has 3 N–H and O–H groups in total. The Morgan fingerprint density at radius 3 is 2.81 bits per heavy atom. The van der Waals surface area contributed by atoms with Gasteiger partial charge in [-0.3, -0.25) is 9.48 Å². The van der Waals surface area contributed by atoms with Gasteiger partial charge in [0.05, 0.1) is 11.8 Å². The molecule has 2 unspecified atom stereocenters. The molecule has 0 aromatic carbocycles. The summed E-state index contributed by atoms with van der Waals surface area (Å²) in [5.74, 6) is -0.151. The van der Waals surface area contributed by atoms with E-state index in [9.17, 15) is 15.0 Å². The van der Waals surface area contributed by atoms with Crippen LogP contribution in [0.3, 0.4) is 0 Å². The van der Waals surface area contributed by atoms with Crippen LogP contribution in [0.2, 0.25) is 0 Å². The number of nitrogens with zero attached hydrogens (tertiary/aromatic N) is 2. The first-order valence-electron chi connectivity index (χ1n) is 5.11. The topological polar surface area (TPSA) is 87.4 Å². The van der Waals surface area contributed by atoms with Gasteiger partial charge in [0.15, 0.2) is 0 Å². The van der Waals surface area contributed by atoms with E-state index in [2.05, 4.69) is 10.4 Å². The van der Waals surface area contributed by atoms with Crippen molar-refractivity contribution in [2.45, 2.75) is 25.6 Å². The lowest BCUT2D eigenvalue weighted by Crippen LogP contribution is -2.28. The van der Waals surface area contributed by atoms with Crippen molar-refractivity contribution < 1.29 is 15.0 Å². The van der Waals surface area contributed by atoms with Crippen LogP contribution in [-0.4, -0.2) is 38.5 Å². The monoisotopic (exact) mass is 227 g/mol. The fourth-order valence-corrected chi connectivity index (χ4v) is 1.43. The number of carbonyl (C=O) groups excluding carboxylic acids is 1. The Kier molecular flexibility index (Phi) is 4.45. The largest absolute Gasteiger partial charge is 0.390 e. The molecule has 1 aromatic rings. The van der Waals surface area contributed by atoms with Crippen molar-refractivity contribution in [3.05, 3.63) is 18.0 Å². The Morgan fingerprint density at radius 2 is 2.31 bits per heavy atom. The number of aromatic nitrogens is 2. The summed E-state index contributed by atoms with van der Waals surface area (Å²) in [4.78, 5) is 10.6. The molecule has 0 fully saturated rings. The van der Waals surface area contributed by atoms with Crippen molar-refractivity contribution in [1.82, 2.24) is 15.1 Å². The van der Waals surface area contributed by atoms with Crippen LogP contribution in [0.15, 0.2) is 12.3 Å². The van der Waals surface area contributed by atoms with E-state index in [0.29, 0.717) is 18.7 Å². The summed E-state index contributed by atoms with van der Waals surface area (Å²) in [7, 11) is 1.69. The number of aliphatic hydroxyl groups is 2. The lowest BCUT2D eigenvalue weighted by molar-refractivity contribution is -0.119. The van der Waals surface area contributed by atoms with E-state index in [1.807, 2.05) is 0 Å². The molecule has 1 rings (SSSR count). The van der Waals surface area contributed by atoms with E-state index < -0.39 is 12.2 Å². The number of hydrogen-bond acceptors (Lipinski definition) is 4. The van der Waals surface area contributed by atoms with E-state index in [1.54, 1.807) is 19.3 Å². The number of aliphatic hydroxyl groups excluding tert-OH is 2. The molecule has 2 atom stereocenters. The molecular weight excluding hydrogens is 210 g/mol. The highest BCUT2D eigenvalue weighted by molar-refractivity contribution is 5.72. The molecule has 0 radical (unpaired) electrons. The van der Waals surface area contributed by atoms with Gasteiger partial charge in [-0.1, -0.05) is 0 Å². The van der Waals surface area contributed by atoms with Crippen molar-refractivity contribution in [3.8, 4) is 0 Å². The lowest BCUT2D eigenvalue weighted by Gasteiger charge is -2.17. The van der Waals surface area contributed by atoms with Crippen LogP contribution < -0.4 is 5.32 Å². The summed E-state index contributed by atoms with van der Waals surface area (Å²) in [6, 6.07) is 1.65. The molecule has 0 saturated carbocycles. The zero-order chi connectivity index (χ0) is 12.1. The second kappa shape index (κ2) is 5.62. The number of aryl methyl sites for hydroxylation is 1. The summed E-state index contributed by atoms with van der Waals surface area (Å²) in [6.07, 6.45) is -0.0473. The van der Waals surface area contributed by atoms with Crippen molar-refractivity contribution >= 4 is 5.91 Å². The van der Waals surface area contributed by atoms with E-state index >= 15 is 0 Å². The first-order valence-corrected chi connectivity index (χ1v) is 5.11. The van der Waals surface area contributed by atoms with Crippen LogP contribution in [0.4, 0.5) is 0 Å². The minimum atomic E-state index is -0.985. The highest BCUT2D eigenvalue weighted by atomic mass is 16.3. The van der Waals surface area contributed by atoms with Gasteiger partial charge in [-0.15, -0.1) is 0 Å². The summed E-state index contributed by atoms with van der Waals surface area (Å²) < 4.78 is 1.51. The average molecular weight is 227 g/mol. The second-order valence-electron chi connectivity index (χ2n) is 3.66. The van der Waals surface area contributed by atoms with E-state index in [0.717, 1.165) is 0 Å². The normalized spacial score (nSPS) is 14.5. The Balaban J connectivity index is 2.45. The molecule has 0 aliphatic heterocycles. The number of hydrogen-bond donors (Lipinski definition) is 3. The van der Waals surface area contributed by atoms with Gasteiger partial charge >= 0.3 is 0 Å². The maximum atomic E-state index is 10.6. The fraction of sp³-hybridized carbons (Fsp3) is 0.600. The molecule has 16 heavy (non-hydrogen) atoms. The maximum absolute atomic E-state index is 10.6. The van der Waals surface area contributed by atoms with Crippen LogP contribution in [0.1, 0.15) is 25.1 Å². The first kappa shape index (κ1) is 12.7. The van der Waals surface area contributed by atoms with Crippen molar-refractivity contribution in [1.29, 1.82) is 0 Å². The van der Waals surface area contributed by atoms with E-state index in [1.165, 1.54) is 11.6 Å². The van der Waals surface area contributed by atoms with Gasteiger partial charge in [0, 0.05) is 26.7 Å². The van der Waals surface area contributed by atoms with Crippen LogP contribution in [-0.2, 0) is 11.8 Å². The molecule has 1 amide bonds. The van der Waals surface area contributed by atoms with E-state index in [4.69, 9.17) is 0 Å². The van der Waals surface area contributed by atoms with Gasteiger partial charge in [0.25, 0.3) is 0 Å². The second-order valence-corrected chi connectivity index (χ2v) is 3.66. The Bertz CT molecular complexity index is 351. The molecule has 1 heterocycles. The predicted octanol–water partition coefficient (Wildman–Crippen LogP) is -0.659. The number of carbonyl (C=O) groups is 1. The highest BCUT2D eigenvalue weighted by Crippen LogP contribution is 2.17. The molecule has 0 bridgehead atoms. The van der Waals surface area contributed by atoms with Crippen molar-refractivity contribution in [2.75, 3.05) is 6.54 Å². The fourth-order valence-electron chi connectivity index (χ4n) is 1.43. The van der Waals surface area contributed by atoms with Gasteiger partial charge < -0.3 is 15.5 Å². The van der Waals surface area contributed by atoms with Crippen LogP contribution in [0.25, 0.3) is 0 Å². The van der Waals surface area contributed by atoms with Gasteiger partial charge in [0.2, 0.25) is 5.91 Å². The quantitative estimate of drug-likeness (QED) is 0.623. The molecule has 0 saturated heterocycles. The van der Waals surface area contributed by atoms with Gasteiger partial charge in [0.1, 0.15) is 6.10 Å². The molecule has 90 valence electrons. The molecular formula is C10H17N3O3. The van der Waals surface area contributed by atoms with Gasteiger partial charge in [-0.25, -0.2) is 0 Å². The average Bonchev–Trinajstić information content (AvgIpc) is 2.62. The van der Waals surface area contributed by atoms with Crippen LogP contribution in [0, 0.1) is 0 Å². The van der Waals surface area contributed by atoms with Crippen molar-refractivity contribution in [2.24, 2.45) is 7.05 Å². The summed E-state index contributed by atoms with van der Waals surface area (Å²) in [5, 5.41) is 25.9. The summed E-state index contributed by atoms with van der Waals surface area (Å²) >= 11 is 0. The third kappa shape index (κ3) is 3.32. The molecule has 0 aliphatic rings. The molecule has 1 aromatic heterocycles. The Labute approximate surface area is 93.9 Å². The van der Waals surface area contributed by atoms with Crippen LogP contribution in [0.5, 0.6) is 0 Å². The van der Waals surface area contributed by atoms with Gasteiger partial charge in [-0.05, 0) is 12.5 Å². The smallest absolute Gasteiger partial charge is 0.216 e. The molecule has 6 nitrogen and oxygen atoms in total. The minimum absolute atomic E-state index is 0.151. The SMILES string of the molecule is CC(=O)NCCC(O)C(O)c1ccnn1C. The number of nitrogens with one attached hydrogen (secondary N) is 1. The van der Waals surface area contributed by atoms with Crippen LogP contribution >= 0.6 is 0 Å². The molecule has 6 heteroatoms. The third-order valence-corrected chi connectivity index (χ3v) is 2.34. The summed E-state index contributed by atoms with van der Waals surface area (Å²) in [5.41, 5.74) is 0.551. The Morgan fingerprint density at radius 1 is 1.62 bits per heavy atom. The predicted molar refractivity (Wildman–Crippen MR) is 57.5 cm³/mol. The van der Waals surface area contributed by atoms with Gasteiger partial charge in [-0.2, -0.15) is 5.10 Å². The summed E-state index contributed by atoms with van der Waals surface area (Å²) in [6.45, 7) is 1.75. The Hall–Kier alpha value is -1.40. The first-order chi connectivity index (χ1) is 7.52. The highest BCUT2D eigenvalue weighted by Gasteiger charge is 2.20. The third-order valence-electron chi connectivity index (χ3n) is 2.34. The standard InChI is InChI=1S/C10H17N3O3/c1-7(14)11-5-4-9(15)10(16)8-3-6-12-13(8)2/h3,6,9-10,15-16H,4-5H2,1-2H3,(H,11,14). The zero-order valence-corrected chi connectivity index (χ0v) is 9.42. The number of amides is 1. The lowest BCUT2D eigenvalue weighted by atomic mass is 10.1. The minimum Gasteiger partial charge on any atom is -0.390 e. The zero-order valence-electron chi connectivity index (χ0n) is 9.42. The maximum Gasteiger partial charge on any atom is 0.216 e. The molecule has 0 aliphatic carbocycles. The van der Waals surface area contributed by atoms with E-state index in [-0.39, 0.29) is 5.91 Å². The van der Waals surface area contributed by atoms with Crippen molar-refractivity contribution in [3.63, 3.8) is 0 Å². The molecule has 0 spiro atoms.